The predicted molar refractivity (Wildman–Crippen MR) is 42.3 cm³/mol. The average molecular weight is 236 g/mol. The van der Waals surface area contributed by atoms with E-state index in [-0.39, 0.29) is 15.9 Å². The molecule has 0 aliphatic heterocycles. The highest BCUT2D eigenvalue weighted by atomic mass is 79.9. The van der Waals surface area contributed by atoms with Crippen molar-refractivity contribution >= 4 is 22.2 Å². The third kappa shape index (κ3) is 1.85. The standard InChI is InChI=1S/C7H4BrF2NO/c8-6-5(7(9)10)2-1-4(3-12)11-6/h1-3,7H. The van der Waals surface area contributed by atoms with Gasteiger partial charge in [-0.1, -0.05) is 0 Å². The molecule has 1 rings (SSSR count). The zero-order valence-corrected chi connectivity index (χ0v) is 7.38. The lowest BCUT2D eigenvalue weighted by Gasteiger charge is -2.01. The molecule has 1 heterocycles. The minimum Gasteiger partial charge on any atom is -0.296 e. The zero-order chi connectivity index (χ0) is 9.14. The van der Waals surface area contributed by atoms with Gasteiger partial charge in [-0.25, -0.2) is 13.8 Å². The van der Waals surface area contributed by atoms with Gasteiger partial charge in [0.2, 0.25) is 0 Å². The quantitative estimate of drug-likeness (QED) is 0.583. The largest absolute Gasteiger partial charge is 0.296 e. The highest BCUT2D eigenvalue weighted by molar-refractivity contribution is 9.10. The molecule has 1 aromatic rings. The van der Waals surface area contributed by atoms with E-state index >= 15 is 0 Å². The maximum absolute atomic E-state index is 12.1. The van der Waals surface area contributed by atoms with Crippen molar-refractivity contribution in [2.75, 3.05) is 0 Å². The van der Waals surface area contributed by atoms with E-state index in [1.807, 2.05) is 0 Å². The van der Waals surface area contributed by atoms with Crippen molar-refractivity contribution < 1.29 is 13.6 Å². The summed E-state index contributed by atoms with van der Waals surface area (Å²) in [7, 11) is 0. The summed E-state index contributed by atoms with van der Waals surface area (Å²) in [5.74, 6) is 0. The van der Waals surface area contributed by atoms with Crippen LogP contribution in [0.5, 0.6) is 0 Å². The van der Waals surface area contributed by atoms with Crippen LogP contribution in [0.4, 0.5) is 8.78 Å². The Morgan fingerprint density at radius 3 is 2.58 bits per heavy atom. The first kappa shape index (κ1) is 9.25. The van der Waals surface area contributed by atoms with Crippen LogP contribution in [0.3, 0.4) is 0 Å². The molecule has 0 atom stereocenters. The second kappa shape index (κ2) is 3.71. The molecular weight excluding hydrogens is 232 g/mol. The third-order valence-corrected chi connectivity index (χ3v) is 1.89. The van der Waals surface area contributed by atoms with Gasteiger partial charge in [-0.05, 0) is 28.1 Å². The molecule has 0 amide bonds. The molecule has 0 aliphatic rings. The van der Waals surface area contributed by atoms with Crippen molar-refractivity contribution in [3.63, 3.8) is 0 Å². The molecule has 5 heteroatoms. The van der Waals surface area contributed by atoms with Gasteiger partial charge < -0.3 is 0 Å². The van der Waals surface area contributed by atoms with Gasteiger partial charge in [0.1, 0.15) is 10.3 Å². The number of nitrogens with zero attached hydrogens (tertiary/aromatic N) is 1. The predicted octanol–water partition coefficient (Wildman–Crippen LogP) is 2.59. The Kier molecular flexibility index (Phi) is 2.86. The highest BCUT2D eigenvalue weighted by Crippen LogP contribution is 2.25. The highest BCUT2D eigenvalue weighted by Gasteiger charge is 2.12. The number of carbonyl (C=O) groups excluding carboxylic acids is 1. The maximum atomic E-state index is 12.1. The number of pyridine rings is 1. The van der Waals surface area contributed by atoms with Gasteiger partial charge in [0, 0.05) is 0 Å². The lowest BCUT2D eigenvalue weighted by molar-refractivity contribution is 0.111. The monoisotopic (exact) mass is 235 g/mol. The van der Waals surface area contributed by atoms with Gasteiger partial charge in [0.05, 0.1) is 5.56 Å². The van der Waals surface area contributed by atoms with Crippen molar-refractivity contribution in [3.05, 3.63) is 28.0 Å². The summed E-state index contributed by atoms with van der Waals surface area (Å²) >= 11 is 2.84. The number of aromatic nitrogens is 1. The first-order chi connectivity index (χ1) is 5.65. The van der Waals surface area contributed by atoms with E-state index in [4.69, 9.17) is 0 Å². The van der Waals surface area contributed by atoms with Gasteiger partial charge in [0.25, 0.3) is 6.43 Å². The molecule has 0 aliphatic carbocycles. The maximum Gasteiger partial charge on any atom is 0.266 e. The van der Waals surface area contributed by atoms with Crippen LogP contribution in [0, 0.1) is 0 Å². The fraction of sp³-hybridized carbons (Fsp3) is 0.143. The Bertz CT molecular complexity index is 303. The van der Waals surface area contributed by atoms with Crippen molar-refractivity contribution in [1.29, 1.82) is 0 Å². The molecule has 0 bridgehead atoms. The van der Waals surface area contributed by atoms with Crippen LogP contribution in [-0.4, -0.2) is 11.3 Å². The number of alkyl halides is 2. The lowest BCUT2D eigenvalue weighted by atomic mass is 10.2. The van der Waals surface area contributed by atoms with Crippen LogP contribution in [0.25, 0.3) is 0 Å². The fourth-order valence-corrected chi connectivity index (χ4v) is 1.20. The second-order valence-electron chi connectivity index (χ2n) is 2.03. The van der Waals surface area contributed by atoms with Gasteiger partial charge >= 0.3 is 0 Å². The second-order valence-corrected chi connectivity index (χ2v) is 2.79. The number of hydrogen-bond donors (Lipinski definition) is 0. The van der Waals surface area contributed by atoms with Crippen LogP contribution in [0.1, 0.15) is 22.5 Å². The van der Waals surface area contributed by atoms with Crippen LogP contribution < -0.4 is 0 Å². The van der Waals surface area contributed by atoms with E-state index in [1.165, 1.54) is 12.1 Å². The summed E-state index contributed by atoms with van der Waals surface area (Å²) in [6, 6.07) is 2.42. The van der Waals surface area contributed by atoms with Crippen LogP contribution in [0.2, 0.25) is 0 Å². The van der Waals surface area contributed by atoms with Crippen molar-refractivity contribution in [2.45, 2.75) is 6.43 Å². The van der Waals surface area contributed by atoms with Gasteiger partial charge in [-0.3, -0.25) is 4.79 Å². The SMILES string of the molecule is O=Cc1ccc(C(F)F)c(Br)n1. The molecule has 0 unspecified atom stereocenters. The molecule has 0 fully saturated rings. The molecule has 2 nitrogen and oxygen atoms in total. The number of carbonyl (C=O) groups is 1. The third-order valence-electron chi connectivity index (χ3n) is 1.25. The molecule has 64 valence electrons. The minimum absolute atomic E-state index is 0.0158. The number of hydrogen-bond acceptors (Lipinski definition) is 2. The smallest absolute Gasteiger partial charge is 0.266 e. The molecular formula is C7H4BrF2NO. The Morgan fingerprint density at radius 1 is 1.50 bits per heavy atom. The molecule has 0 saturated heterocycles. The summed E-state index contributed by atoms with van der Waals surface area (Å²) in [6.07, 6.45) is -2.08. The first-order valence-corrected chi connectivity index (χ1v) is 3.84. The van der Waals surface area contributed by atoms with E-state index in [2.05, 4.69) is 20.9 Å². The summed E-state index contributed by atoms with van der Waals surface area (Å²) in [4.78, 5) is 13.8. The van der Waals surface area contributed by atoms with E-state index in [0.717, 1.165) is 0 Å². The van der Waals surface area contributed by atoms with Crippen LogP contribution in [0.15, 0.2) is 16.7 Å². The summed E-state index contributed by atoms with van der Waals surface area (Å²) in [5.41, 5.74) is -0.0770. The van der Waals surface area contributed by atoms with Gasteiger partial charge in [0.15, 0.2) is 6.29 Å². The molecule has 12 heavy (non-hydrogen) atoms. The summed E-state index contributed by atoms with van der Waals surface area (Å²) in [6.45, 7) is 0. The number of aldehydes is 1. The lowest BCUT2D eigenvalue weighted by Crippen LogP contribution is -1.93. The van der Waals surface area contributed by atoms with Crippen molar-refractivity contribution in [1.82, 2.24) is 4.98 Å². The topological polar surface area (TPSA) is 30.0 Å². The first-order valence-electron chi connectivity index (χ1n) is 3.05. The number of rotatable bonds is 2. The Labute approximate surface area is 75.7 Å². The normalized spacial score (nSPS) is 10.3. The summed E-state index contributed by atoms with van der Waals surface area (Å²) < 4.78 is 24.2. The number of halogens is 3. The van der Waals surface area contributed by atoms with Gasteiger partial charge in [-0.15, -0.1) is 0 Å². The van der Waals surface area contributed by atoms with E-state index in [0.29, 0.717) is 6.29 Å². The fourth-order valence-electron chi connectivity index (χ4n) is 0.687. The van der Waals surface area contributed by atoms with Gasteiger partial charge in [-0.2, -0.15) is 0 Å². The van der Waals surface area contributed by atoms with E-state index in [1.54, 1.807) is 0 Å². The zero-order valence-electron chi connectivity index (χ0n) is 5.80. The summed E-state index contributed by atoms with van der Waals surface area (Å²) in [5, 5.41) is 0. The molecule has 0 N–H and O–H groups in total. The Hall–Kier alpha value is -0.840. The van der Waals surface area contributed by atoms with E-state index < -0.39 is 6.43 Å². The molecule has 0 aromatic carbocycles. The van der Waals surface area contributed by atoms with Crippen molar-refractivity contribution in [3.8, 4) is 0 Å². The van der Waals surface area contributed by atoms with E-state index in [9.17, 15) is 13.6 Å². The van der Waals surface area contributed by atoms with Crippen LogP contribution in [-0.2, 0) is 0 Å². The molecule has 0 spiro atoms. The minimum atomic E-state index is -2.58. The van der Waals surface area contributed by atoms with Crippen molar-refractivity contribution in [2.24, 2.45) is 0 Å². The molecule has 0 radical (unpaired) electrons. The Balaban J connectivity index is 3.11. The molecule has 0 saturated carbocycles. The average Bonchev–Trinajstić information content (AvgIpc) is 2.03. The van der Waals surface area contributed by atoms with Crippen LogP contribution >= 0.6 is 15.9 Å². The molecule has 1 aromatic heterocycles. The Morgan fingerprint density at radius 2 is 2.17 bits per heavy atom.